The second kappa shape index (κ2) is 5.04. The third kappa shape index (κ3) is 3.63. The molecule has 0 bridgehead atoms. The quantitative estimate of drug-likeness (QED) is 0.298. The summed E-state index contributed by atoms with van der Waals surface area (Å²) in [5, 5.41) is 36.7. The number of carbonyl (C=O) groups excluding carboxylic acids is 1. The van der Waals surface area contributed by atoms with Crippen LogP contribution in [0, 0.1) is 0 Å². The first kappa shape index (κ1) is 11.3. The molecule has 0 aromatic heterocycles. The maximum Gasteiger partial charge on any atom is 0.217 e. The van der Waals surface area contributed by atoms with Crippen molar-refractivity contribution in [3.8, 4) is 0 Å². The van der Waals surface area contributed by atoms with Gasteiger partial charge in [-0.25, -0.2) is 0 Å². The van der Waals surface area contributed by atoms with Gasteiger partial charge in [-0.2, -0.15) is 0 Å². The Kier molecular flexibility index (Phi) is 4.75. The largest absolute Gasteiger partial charge is 0.394 e. The average molecular weight is 179 g/mol. The predicted molar refractivity (Wildman–Crippen MR) is 38.9 cm³/mol. The lowest BCUT2D eigenvalue weighted by atomic mass is 10.1. The highest BCUT2D eigenvalue weighted by molar-refractivity contribution is 5.73. The van der Waals surface area contributed by atoms with Crippen molar-refractivity contribution in [1.82, 2.24) is 5.32 Å². The van der Waals surface area contributed by atoms with Crippen LogP contribution in [0.3, 0.4) is 0 Å². The summed E-state index contributed by atoms with van der Waals surface area (Å²) in [6, 6.07) is -1.26. The van der Waals surface area contributed by atoms with E-state index in [1.54, 1.807) is 0 Å². The minimum atomic E-state index is -1.89. The fourth-order valence-electron chi connectivity index (χ4n) is 0.718. The molecule has 0 aliphatic carbocycles. The molecule has 6 heteroatoms. The number of carbonyl (C=O) groups is 1. The van der Waals surface area contributed by atoms with Crippen molar-refractivity contribution in [2.24, 2.45) is 0 Å². The number of hydrogen-bond donors (Lipinski definition) is 5. The van der Waals surface area contributed by atoms with Crippen molar-refractivity contribution >= 4 is 5.91 Å². The highest BCUT2D eigenvalue weighted by Crippen LogP contribution is 1.97. The molecule has 0 heterocycles. The van der Waals surface area contributed by atoms with Crippen LogP contribution < -0.4 is 5.32 Å². The van der Waals surface area contributed by atoms with E-state index in [2.05, 4.69) is 5.32 Å². The molecule has 12 heavy (non-hydrogen) atoms. The predicted octanol–water partition coefficient (Wildman–Crippen LogP) is -2.84. The van der Waals surface area contributed by atoms with Crippen LogP contribution in [-0.4, -0.2) is 51.4 Å². The Hall–Kier alpha value is -0.690. The van der Waals surface area contributed by atoms with Gasteiger partial charge in [0.25, 0.3) is 0 Å². The van der Waals surface area contributed by atoms with E-state index in [9.17, 15) is 4.79 Å². The van der Waals surface area contributed by atoms with E-state index in [-0.39, 0.29) is 0 Å². The van der Waals surface area contributed by atoms with Gasteiger partial charge in [-0.15, -0.1) is 0 Å². The topological polar surface area (TPSA) is 110 Å². The van der Waals surface area contributed by atoms with Gasteiger partial charge in [-0.3, -0.25) is 4.79 Å². The molecule has 0 saturated carbocycles. The summed E-state index contributed by atoms with van der Waals surface area (Å²) in [4.78, 5) is 10.5. The first-order valence-corrected chi connectivity index (χ1v) is 3.41. The highest BCUT2D eigenvalue weighted by atomic mass is 16.5. The summed E-state index contributed by atoms with van der Waals surface area (Å²) in [5.74, 6) is -0.513. The van der Waals surface area contributed by atoms with Gasteiger partial charge >= 0.3 is 0 Å². The van der Waals surface area contributed by atoms with Crippen LogP contribution >= 0.6 is 0 Å². The maximum absolute atomic E-state index is 10.5. The summed E-state index contributed by atoms with van der Waals surface area (Å²) in [5.41, 5.74) is 0. The molecule has 0 aromatic carbocycles. The molecule has 72 valence electrons. The van der Waals surface area contributed by atoms with Crippen LogP contribution in [0.15, 0.2) is 0 Å². The lowest BCUT2D eigenvalue weighted by Crippen LogP contribution is -2.51. The first-order valence-electron chi connectivity index (χ1n) is 3.41. The molecule has 5 N–H and O–H groups in total. The smallest absolute Gasteiger partial charge is 0.217 e. The minimum Gasteiger partial charge on any atom is -0.394 e. The summed E-state index contributed by atoms with van der Waals surface area (Å²) < 4.78 is 0. The van der Waals surface area contributed by atoms with Crippen LogP contribution in [0.25, 0.3) is 0 Å². The molecule has 2 atom stereocenters. The van der Waals surface area contributed by atoms with E-state index < -0.39 is 30.9 Å². The zero-order valence-electron chi connectivity index (χ0n) is 6.64. The molecule has 0 aliphatic heterocycles. The Morgan fingerprint density at radius 2 is 1.92 bits per heavy atom. The monoisotopic (exact) mass is 179 g/mol. The van der Waals surface area contributed by atoms with E-state index in [1.807, 2.05) is 0 Å². The van der Waals surface area contributed by atoms with Crippen LogP contribution in [0.4, 0.5) is 0 Å². The molecule has 0 saturated heterocycles. The average Bonchev–Trinajstić information content (AvgIpc) is 1.98. The van der Waals surface area contributed by atoms with Crippen molar-refractivity contribution in [2.45, 2.75) is 25.4 Å². The number of amides is 1. The minimum absolute atomic E-state index is 0.513. The highest BCUT2D eigenvalue weighted by Gasteiger charge is 2.25. The van der Waals surface area contributed by atoms with Gasteiger partial charge in [-0.1, -0.05) is 0 Å². The van der Waals surface area contributed by atoms with Gasteiger partial charge in [0.05, 0.1) is 6.61 Å². The van der Waals surface area contributed by atoms with E-state index >= 15 is 0 Å². The second-order valence-electron chi connectivity index (χ2n) is 2.39. The van der Waals surface area contributed by atoms with Crippen molar-refractivity contribution in [3.05, 3.63) is 0 Å². The second-order valence-corrected chi connectivity index (χ2v) is 2.39. The van der Waals surface area contributed by atoms with Crippen molar-refractivity contribution < 1.29 is 25.2 Å². The molecule has 0 aliphatic rings. The number of nitrogens with one attached hydrogen (secondary N) is 1. The molecule has 0 radical (unpaired) electrons. The zero-order chi connectivity index (χ0) is 9.72. The van der Waals surface area contributed by atoms with E-state index in [1.165, 1.54) is 6.92 Å². The summed E-state index contributed by atoms with van der Waals surface area (Å²) in [6.45, 7) is 0.516. The third-order valence-corrected chi connectivity index (χ3v) is 1.29. The Balaban J connectivity index is 4.12. The van der Waals surface area contributed by atoms with E-state index in [0.717, 1.165) is 0 Å². The maximum atomic E-state index is 10.5. The number of aliphatic hydroxyl groups is 4. The van der Waals surface area contributed by atoms with Crippen LogP contribution in [0.2, 0.25) is 0 Å². The molecule has 0 fully saturated rings. The van der Waals surface area contributed by atoms with Gasteiger partial charge < -0.3 is 25.7 Å². The molecule has 0 spiro atoms. The Morgan fingerprint density at radius 3 is 2.17 bits per heavy atom. The van der Waals surface area contributed by atoms with Crippen LogP contribution in [0.5, 0.6) is 0 Å². The lowest BCUT2D eigenvalue weighted by molar-refractivity contribution is -0.132. The van der Waals surface area contributed by atoms with Gasteiger partial charge in [0, 0.05) is 6.92 Å². The zero-order valence-corrected chi connectivity index (χ0v) is 6.64. The van der Waals surface area contributed by atoms with Crippen LogP contribution in [-0.2, 0) is 4.79 Å². The lowest BCUT2D eigenvalue weighted by Gasteiger charge is -2.23. The Labute approximate surface area is 69.5 Å². The number of hydrogen-bond acceptors (Lipinski definition) is 5. The van der Waals surface area contributed by atoms with Gasteiger partial charge in [0.1, 0.15) is 12.1 Å². The molecule has 0 aromatic rings. The Bertz CT molecular complexity index is 149. The van der Waals surface area contributed by atoms with Crippen molar-refractivity contribution in [2.75, 3.05) is 6.61 Å². The van der Waals surface area contributed by atoms with Crippen molar-refractivity contribution in [3.63, 3.8) is 0 Å². The van der Waals surface area contributed by atoms with Gasteiger partial charge in [0.2, 0.25) is 5.91 Å². The summed E-state index contributed by atoms with van der Waals surface area (Å²) in [6.07, 6.45) is -3.27. The molecule has 2 unspecified atom stereocenters. The summed E-state index contributed by atoms with van der Waals surface area (Å²) >= 11 is 0. The van der Waals surface area contributed by atoms with Gasteiger partial charge in [0.15, 0.2) is 6.29 Å². The normalized spacial score (nSPS) is 15.8. The number of rotatable bonds is 4. The molecular formula is C6H13NO5. The third-order valence-electron chi connectivity index (χ3n) is 1.29. The van der Waals surface area contributed by atoms with Crippen molar-refractivity contribution in [1.29, 1.82) is 0 Å². The molecular weight excluding hydrogens is 166 g/mol. The first-order chi connectivity index (χ1) is 5.49. The molecule has 0 rings (SSSR count). The molecule has 6 nitrogen and oxygen atoms in total. The standard InChI is InChI=1S/C6H13NO5/c1-3(9)7-5(6(11)12)4(10)2-8/h4-6,8,10-12H,2H2,1H3,(H,7,9). The van der Waals surface area contributed by atoms with E-state index in [0.29, 0.717) is 0 Å². The molecule has 1 amide bonds. The Morgan fingerprint density at radius 1 is 1.42 bits per heavy atom. The van der Waals surface area contributed by atoms with E-state index in [4.69, 9.17) is 20.4 Å². The SMILES string of the molecule is CC(=O)NC(C(O)O)C(O)CO. The van der Waals surface area contributed by atoms with Crippen LogP contribution in [0.1, 0.15) is 6.92 Å². The van der Waals surface area contributed by atoms with Gasteiger partial charge in [-0.05, 0) is 0 Å². The number of aliphatic hydroxyl groups excluding tert-OH is 3. The summed E-state index contributed by atoms with van der Waals surface area (Å²) in [7, 11) is 0. The fourth-order valence-corrected chi connectivity index (χ4v) is 0.718. The fraction of sp³-hybridized carbons (Fsp3) is 0.833.